The molecule has 1 atom stereocenters. The Labute approximate surface area is 89.8 Å². The molecule has 66 valence electrons. The number of hydrogen-bond acceptors (Lipinski definition) is 1. The Balaban J connectivity index is 3.01. The lowest BCUT2D eigenvalue weighted by molar-refractivity contribution is 0.649. The average molecular weight is 293 g/mol. The quantitative estimate of drug-likeness (QED) is 0.880. The lowest BCUT2D eigenvalue weighted by atomic mass is 10.1. The molecule has 1 aromatic rings. The second-order valence-corrected chi connectivity index (χ2v) is 4.45. The molecule has 0 aliphatic rings. The summed E-state index contributed by atoms with van der Waals surface area (Å²) in [4.78, 5) is 0. The van der Waals surface area contributed by atoms with Crippen molar-refractivity contribution in [2.45, 2.75) is 13.0 Å². The summed E-state index contributed by atoms with van der Waals surface area (Å²) < 4.78 is 2.24. The average Bonchev–Trinajstić information content (AvgIpc) is 2.03. The number of nitrogens with one attached hydrogen (secondary N) is 1. The van der Waals surface area contributed by atoms with Crippen LogP contribution in [0.15, 0.2) is 27.1 Å². The first-order chi connectivity index (χ1) is 5.65. The van der Waals surface area contributed by atoms with Crippen molar-refractivity contribution >= 4 is 31.9 Å². The van der Waals surface area contributed by atoms with Gasteiger partial charge >= 0.3 is 0 Å². The van der Waals surface area contributed by atoms with Gasteiger partial charge in [-0.15, -0.1) is 0 Å². The molecule has 0 amide bonds. The Bertz CT molecular complexity index is 273. The Morgan fingerprint density at radius 1 is 1.33 bits per heavy atom. The fourth-order valence-corrected chi connectivity index (χ4v) is 2.40. The lowest BCUT2D eigenvalue weighted by Gasteiger charge is -2.12. The molecule has 0 radical (unpaired) electrons. The zero-order chi connectivity index (χ0) is 9.14. The summed E-state index contributed by atoms with van der Waals surface area (Å²) in [5.41, 5.74) is 1.28. The van der Waals surface area contributed by atoms with E-state index in [1.807, 2.05) is 13.1 Å². The van der Waals surface area contributed by atoms with E-state index in [0.29, 0.717) is 6.04 Å². The van der Waals surface area contributed by atoms with E-state index in [-0.39, 0.29) is 0 Å². The highest BCUT2D eigenvalue weighted by Crippen LogP contribution is 2.26. The lowest BCUT2D eigenvalue weighted by Crippen LogP contribution is -2.12. The smallest absolute Gasteiger partial charge is 0.0300 e. The predicted octanol–water partition coefficient (Wildman–Crippen LogP) is 3.49. The van der Waals surface area contributed by atoms with Crippen LogP contribution in [0.4, 0.5) is 0 Å². The van der Waals surface area contributed by atoms with Crippen molar-refractivity contribution in [2.24, 2.45) is 0 Å². The Morgan fingerprint density at radius 3 is 2.50 bits per heavy atom. The maximum absolute atomic E-state index is 3.52. The maximum atomic E-state index is 3.52. The first-order valence-electron chi connectivity index (χ1n) is 3.77. The molecule has 0 aromatic heterocycles. The van der Waals surface area contributed by atoms with E-state index in [2.05, 4.69) is 56.2 Å². The second kappa shape index (κ2) is 4.40. The van der Waals surface area contributed by atoms with E-state index < -0.39 is 0 Å². The molecule has 1 nitrogen and oxygen atoms in total. The zero-order valence-corrected chi connectivity index (χ0v) is 10.2. The molecular formula is C9H11Br2N. The van der Waals surface area contributed by atoms with E-state index in [4.69, 9.17) is 0 Å². The molecule has 1 unspecified atom stereocenters. The zero-order valence-electron chi connectivity index (χ0n) is 7.07. The highest BCUT2D eigenvalue weighted by molar-refractivity contribution is 9.11. The van der Waals surface area contributed by atoms with Gasteiger partial charge in [0, 0.05) is 15.0 Å². The van der Waals surface area contributed by atoms with Crippen LogP contribution >= 0.6 is 31.9 Å². The third-order valence-corrected chi connectivity index (χ3v) is 3.04. The van der Waals surface area contributed by atoms with Gasteiger partial charge in [0.15, 0.2) is 0 Å². The van der Waals surface area contributed by atoms with Crippen LogP contribution in [0, 0.1) is 0 Å². The fraction of sp³-hybridized carbons (Fsp3) is 0.333. The Morgan fingerprint density at radius 2 is 2.00 bits per heavy atom. The molecular weight excluding hydrogens is 282 g/mol. The molecule has 0 saturated heterocycles. The van der Waals surface area contributed by atoms with Crippen LogP contribution in [-0.2, 0) is 0 Å². The molecule has 0 fully saturated rings. The van der Waals surface area contributed by atoms with Crippen molar-refractivity contribution in [3.8, 4) is 0 Å². The largest absolute Gasteiger partial charge is 0.313 e. The molecule has 0 bridgehead atoms. The van der Waals surface area contributed by atoms with Crippen molar-refractivity contribution in [3.63, 3.8) is 0 Å². The minimum Gasteiger partial charge on any atom is -0.313 e. The summed E-state index contributed by atoms with van der Waals surface area (Å²) in [6.07, 6.45) is 0. The van der Waals surface area contributed by atoms with E-state index in [9.17, 15) is 0 Å². The summed E-state index contributed by atoms with van der Waals surface area (Å²) in [5, 5.41) is 3.20. The van der Waals surface area contributed by atoms with Crippen molar-refractivity contribution in [1.29, 1.82) is 0 Å². The van der Waals surface area contributed by atoms with Crippen LogP contribution in [0.5, 0.6) is 0 Å². The molecule has 0 aliphatic carbocycles. The van der Waals surface area contributed by atoms with Crippen LogP contribution in [-0.4, -0.2) is 7.05 Å². The summed E-state index contributed by atoms with van der Waals surface area (Å²) in [5.74, 6) is 0. The molecule has 1 aromatic carbocycles. The molecule has 0 aliphatic heterocycles. The first-order valence-corrected chi connectivity index (χ1v) is 5.36. The number of halogens is 2. The van der Waals surface area contributed by atoms with Gasteiger partial charge in [0.2, 0.25) is 0 Å². The Kier molecular flexibility index (Phi) is 3.75. The van der Waals surface area contributed by atoms with Crippen molar-refractivity contribution in [2.75, 3.05) is 7.05 Å². The first kappa shape index (κ1) is 10.2. The molecule has 3 heteroatoms. The summed E-state index contributed by atoms with van der Waals surface area (Å²) in [6.45, 7) is 2.13. The molecule has 12 heavy (non-hydrogen) atoms. The van der Waals surface area contributed by atoms with Crippen molar-refractivity contribution in [1.82, 2.24) is 5.32 Å². The monoisotopic (exact) mass is 291 g/mol. The molecule has 0 saturated carbocycles. The molecule has 0 heterocycles. The third kappa shape index (κ3) is 2.31. The van der Waals surface area contributed by atoms with E-state index in [0.717, 1.165) is 8.95 Å². The van der Waals surface area contributed by atoms with Crippen LogP contribution in [0.25, 0.3) is 0 Å². The van der Waals surface area contributed by atoms with Crippen molar-refractivity contribution < 1.29 is 0 Å². The standard InChI is InChI=1S/C9H11Br2N/c1-6(12-2)8-4-3-7(10)5-9(8)11/h3-6,12H,1-2H3. The third-order valence-electron chi connectivity index (χ3n) is 1.86. The summed E-state index contributed by atoms with van der Waals surface area (Å²) in [7, 11) is 1.96. The minimum atomic E-state index is 0.382. The van der Waals surface area contributed by atoms with Gasteiger partial charge in [-0.25, -0.2) is 0 Å². The number of rotatable bonds is 2. The predicted molar refractivity (Wildman–Crippen MR) is 59.3 cm³/mol. The normalized spacial score (nSPS) is 13.0. The summed E-state index contributed by atoms with van der Waals surface area (Å²) in [6, 6.07) is 6.60. The second-order valence-electron chi connectivity index (χ2n) is 2.68. The maximum Gasteiger partial charge on any atom is 0.0300 e. The van der Waals surface area contributed by atoms with Gasteiger partial charge in [-0.1, -0.05) is 37.9 Å². The van der Waals surface area contributed by atoms with Gasteiger partial charge < -0.3 is 5.32 Å². The van der Waals surface area contributed by atoms with E-state index in [1.165, 1.54) is 5.56 Å². The van der Waals surface area contributed by atoms with Gasteiger partial charge in [0.05, 0.1) is 0 Å². The molecule has 0 spiro atoms. The SMILES string of the molecule is CNC(C)c1ccc(Br)cc1Br. The van der Waals surface area contributed by atoms with E-state index in [1.54, 1.807) is 0 Å². The number of benzene rings is 1. The molecule has 1 N–H and O–H groups in total. The van der Waals surface area contributed by atoms with Gasteiger partial charge in [-0.2, -0.15) is 0 Å². The van der Waals surface area contributed by atoms with Crippen LogP contribution in [0.1, 0.15) is 18.5 Å². The highest BCUT2D eigenvalue weighted by atomic mass is 79.9. The Hall–Kier alpha value is 0.140. The van der Waals surface area contributed by atoms with Crippen LogP contribution < -0.4 is 5.32 Å². The van der Waals surface area contributed by atoms with Gasteiger partial charge in [0.25, 0.3) is 0 Å². The van der Waals surface area contributed by atoms with Gasteiger partial charge in [0.1, 0.15) is 0 Å². The van der Waals surface area contributed by atoms with Crippen LogP contribution in [0.2, 0.25) is 0 Å². The fourth-order valence-electron chi connectivity index (χ4n) is 1.01. The van der Waals surface area contributed by atoms with E-state index >= 15 is 0 Å². The van der Waals surface area contributed by atoms with Crippen molar-refractivity contribution in [3.05, 3.63) is 32.7 Å². The molecule has 1 rings (SSSR count). The number of hydrogen-bond donors (Lipinski definition) is 1. The summed E-state index contributed by atoms with van der Waals surface area (Å²) >= 11 is 6.94. The minimum absolute atomic E-state index is 0.382. The topological polar surface area (TPSA) is 12.0 Å². The highest BCUT2D eigenvalue weighted by Gasteiger charge is 2.06. The van der Waals surface area contributed by atoms with Gasteiger partial charge in [-0.05, 0) is 31.7 Å². The van der Waals surface area contributed by atoms with Gasteiger partial charge in [-0.3, -0.25) is 0 Å². The van der Waals surface area contributed by atoms with Crippen LogP contribution in [0.3, 0.4) is 0 Å².